The fourth-order valence-electron chi connectivity index (χ4n) is 3.98. The van der Waals surface area contributed by atoms with Gasteiger partial charge in [0.2, 0.25) is 5.91 Å². The second kappa shape index (κ2) is 8.08. The van der Waals surface area contributed by atoms with Crippen molar-refractivity contribution in [1.82, 2.24) is 24.7 Å². The van der Waals surface area contributed by atoms with Crippen LogP contribution in [0.25, 0.3) is 11.0 Å². The number of hydrogen-bond donors (Lipinski definition) is 1. The topological polar surface area (TPSA) is 72.5 Å². The highest BCUT2D eigenvalue weighted by Crippen LogP contribution is 2.15. The van der Waals surface area contributed by atoms with E-state index in [0.717, 1.165) is 56.6 Å². The lowest BCUT2D eigenvalue weighted by atomic mass is 10.1. The first-order chi connectivity index (χ1) is 13.2. The van der Waals surface area contributed by atoms with Crippen molar-refractivity contribution >= 4 is 22.8 Å². The molecule has 0 saturated carbocycles. The Balaban J connectivity index is 1.25. The zero-order chi connectivity index (χ0) is 18.6. The normalized spacial score (nSPS) is 18.8. The van der Waals surface area contributed by atoms with Crippen LogP contribution in [0.15, 0.2) is 24.5 Å². The molecule has 0 bridgehead atoms. The van der Waals surface area contributed by atoms with Crippen molar-refractivity contribution in [3.63, 3.8) is 0 Å². The van der Waals surface area contributed by atoms with Crippen LogP contribution in [0.5, 0.6) is 0 Å². The number of aromatic nitrogens is 2. The number of piperidine rings is 1. The number of likely N-dealkylation sites (tertiary alicyclic amines) is 1. The van der Waals surface area contributed by atoms with Gasteiger partial charge in [-0.1, -0.05) is 0 Å². The molecule has 2 aliphatic rings. The molecule has 144 valence electrons. The maximum atomic E-state index is 12.8. The third-order valence-corrected chi connectivity index (χ3v) is 5.68. The van der Waals surface area contributed by atoms with Gasteiger partial charge in [0, 0.05) is 57.8 Å². The third kappa shape index (κ3) is 4.13. The molecule has 1 aromatic carbocycles. The van der Waals surface area contributed by atoms with E-state index in [-0.39, 0.29) is 11.8 Å². The summed E-state index contributed by atoms with van der Waals surface area (Å²) in [7, 11) is 0. The van der Waals surface area contributed by atoms with Gasteiger partial charge in [-0.2, -0.15) is 0 Å². The highest BCUT2D eigenvalue weighted by molar-refractivity contribution is 5.97. The molecule has 1 N–H and O–H groups in total. The van der Waals surface area contributed by atoms with Crippen LogP contribution in [0, 0.1) is 0 Å². The molecular weight excluding hydrogens is 342 g/mol. The van der Waals surface area contributed by atoms with Crippen molar-refractivity contribution in [2.24, 2.45) is 0 Å². The lowest BCUT2D eigenvalue weighted by molar-refractivity contribution is -0.132. The monoisotopic (exact) mass is 369 g/mol. The quantitative estimate of drug-likeness (QED) is 0.891. The Kier molecular flexibility index (Phi) is 5.38. The minimum atomic E-state index is 0.0653. The Morgan fingerprint density at radius 3 is 2.52 bits per heavy atom. The number of piperazine rings is 1. The van der Waals surface area contributed by atoms with Crippen LogP contribution in [-0.4, -0.2) is 82.3 Å². The minimum absolute atomic E-state index is 0.0653. The minimum Gasteiger partial charge on any atom is -0.345 e. The highest BCUT2D eigenvalue weighted by atomic mass is 16.2. The summed E-state index contributed by atoms with van der Waals surface area (Å²) < 4.78 is 0. The number of nitrogens with zero attached hydrogens (tertiary/aromatic N) is 4. The van der Waals surface area contributed by atoms with Gasteiger partial charge < -0.3 is 14.8 Å². The lowest BCUT2D eigenvalue weighted by Gasteiger charge is -2.35. The van der Waals surface area contributed by atoms with E-state index in [9.17, 15) is 9.59 Å². The fourth-order valence-corrected chi connectivity index (χ4v) is 3.98. The van der Waals surface area contributed by atoms with Crippen LogP contribution >= 0.6 is 0 Å². The number of amides is 2. The van der Waals surface area contributed by atoms with Crippen LogP contribution in [-0.2, 0) is 4.79 Å². The van der Waals surface area contributed by atoms with Gasteiger partial charge in [-0.15, -0.1) is 0 Å². The van der Waals surface area contributed by atoms with Crippen LogP contribution in [0.3, 0.4) is 0 Å². The molecule has 7 heteroatoms. The summed E-state index contributed by atoms with van der Waals surface area (Å²) in [5.74, 6) is 0.344. The van der Waals surface area contributed by atoms with Crippen molar-refractivity contribution in [3.05, 3.63) is 30.1 Å². The predicted molar refractivity (Wildman–Crippen MR) is 103 cm³/mol. The van der Waals surface area contributed by atoms with Crippen molar-refractivity contribution in [2.75, 3.05) is 45.8 Å². The summed E-state index contributed by atoms with van der Waals surface area (Å²) in [5.41, 5.74) is 2.45. The van der Waals surface area contributed by atoms with Crippen molar-refractivity contribution in [2.45, 2.75) is 25.7 Å². The molecule has 2 aromatic rings. The van der Waals surface area contributed by atoms with E-state index in [2.05, 4.69) is 14.9 Å². The van der Waals surface area contributed by atoms with E-state index < -0.39 is 0 Å². The van der Waals surface area contributed by atoms with Gasteiger partial charge in [-0.05, 0) is 37.5 Å². The average molecular weight is 369 g/mol. The molecule has 1 aromatic heterocycles. The Morgan fingerprint density at radius 1 is 0.963 bits per heavy atom. The number of fused-ring (bicyclic) bond motifs is 1. The average Bonchev–Trinajstić information content (AvgIpc) is 3.20. The second-order valence-corrected chi connectivity index (χ2v) is 7.46. The van der Waals surface area contributed by atoms with Crippen LogP contribution in [0.2, 0.25) is 0 Å². The maximum Gasteiger partial charge on any atom is 0.254 e. The van der Waals surface area contributed by atoms with Gasteiger partial charge in [0.1, 0.15) is 0 Å². The first kappa shape index (κ1) is 18.0. The van der Waals surface area contributed by atoms with Gasteiger partial charge in [-0.25, -0.2) is 4.98 Å². The van der Waals surface area contributed by atoms with Gasteiger partial charge >= 0.3 is 0 Å². The molecule has 0 radical (unpaired) electrons. The van der Waals surface area contributed by atoms with Crippen molar-refractivity contribution < 1.29 is 9.59 Å². The number of imidazole rings is 1. The standard InChI is InChI=1S/C20H27N5O2/c26-19(24-7-2-1-3-8-24)6-9-23-10-12-25(13-11-23)20(27)16-4-5-17-18(14-16)22-15-21-17/h4-5,14-15H,1-3,6-13H2,(H,21,22). The van der Waals surface area contributed by atoms with Gasteiger partial charge in [0.25, 0.3) is 5.91 Å². The van der Waals surface area contributed by atoms with Crippen LogP contribution in [0.4, 0.5) is 0 Å². The largest absolute Gasteiger partial charge is 0.345 e. The zero-order valence-corrected chi connectivity index (χ0v) is 15.7. The number of aromatic amines is 1. The highest BCUT2D eigenvalue weighted by Gasteiger charge is 2.23. The molecule has 2 saturated heterocycles. The van der Waals surface area contributed by atoms with E-state index in [0.29, 0.717) is 25.1 Å². The molecule has 2 amide bonds. The lowest BCUT2D eigenvalue weighted by Crippen LogP contribution is -2.49. The Bertz CT molecular complexity index is 804. The summed E-state index contributed by atoms with van der Waals surface area (Å²) in [6, 6.07) is 5.59. The van der Waals surface area contributed by atoms with Gasteiger partial charge in [0.05, 0.1) is 17.4 Å². The fraction of sp³-hybridized carbons (Fsp3) is 0.550. The number of H-pyrrole nitrogens is 1. The van der Waals surface area contributed by atoms with E-state index in [1.54, 1.807) is 6.33 Å². The molecule has 0 atom stereocenters. The van der Waals surface area contributed by atoms with Crippen LogP contribution < -0.4 is 0 Å². The van der Waals surface area contributed by atoms with E-state index in [4.69, 9.17) is 0 Å². The summed E-state index contributed by atoms with van der Waals surface area (Å²) in [4.78, 5) is 38.5. The Hall–Kier alpha value is -2.41. The first-order valence-electron chi connectivity index (χ1n) is 9.93. The molecule has 2 aliphatic heterocycles. The molecule has 7 nitrogen and oxygen atoms in total. The summed E-state index contributed by atoms with van der Waals surface area (Å²) >= 11 is 0. The molecule has 0 aliphatic carbocycles. The van der Waals surface area contributed by atoms with Crippen LogP contribution in [0.1, 0.15) is 36.0 Å². The number of carbonyl (C=O) groups is 2. The molecular formula is C20H27N5O2. The number of benzene rings is 1. The smallest absolute Gasteiger partial charge is 0.254 e. The molecule has 4 rings (SSSR count). The molecule has 27 heavy (non-hydrogen) atoms. The predicted octanol–water partition coefficient (Wildman–Crippen LogP) is 1.72. The first-order valence-corrected chi connectivity index (χ1v) is 9.93. The maximum absolute atomic E-state index is 12.8. The summed E-state index contributed by atoms with van der Waals surface area (Å²) in [6.07, 6.45) is 5.74. The Labute approximate surface area is 159 Å². The Morgan fingerprint density at radius 2 is 1.74 bits per heavy atom. The molecule has 0 unspecified atom stereocenters. The summed E-state index contributed by atoms with van der Waals surface area (Å²) in [6.45, 7) is 5.69. The van der Waals surface area contributed by atoms with E-state index >= 15 is 0 Å². The van der Waals surface area contributed by atoms with Gasteiger partial charge in [-0.3, -0.25) is 14.5 Å². The van der Waals surface area contributed by atoms with Crippen molar-refractivity contribution in [3.8, 4) is 0 Å². The summed E-state index contributed by atoms with van der Waals surface area (Å²) in [5, 5.41) is 0. The molecule has 3 heterocycles. The second-order valence-electron chi connectivity index (χ2n) is 7.46. The van der Waals surface area contributed by atoms with E-state index in [1.165, 1.54) is 6.42 Å². The number of rotatable bonds is 4. The molecule has 2 fully saturated rings. The third-order valence-electron chi connectivity index (χ3n) is 5.68. The van der Waals surface area contributed by atoms with Gasteiger partial charge in [0.15, 0.2) is 0 Å². The number of hydrogen-bond acceptors (Lipinski definition) is 4. The van der Waals surface area contributed by atoms with E-state index in [1.807, 2.05) is 28.0 Å². The number of carbonyl (C=O) groups excluding carboxylic acids is 2. The van der Waals surface area contributed by atoms with Crippen molar-refractivity contribution in [1.29, 1.82) is 0 Å². The zero-order valence-electron chi connectivity index (χ0n) is 15.7. The molecule has 0 spiro atoms. The SMILES string of the molecule is O=C(CCN1CCN(C(=O)c2ccc3nc[nH]c3c2)CC1)N1CCCCC1. The number of nitrogens with one attached hydrogen (secondary N) is 1.